The fourth-order valence-corrected chi connectivity index (χ4v) is 2.54. The van der Waals surface area contributed by atoms with Gasteiger partial charge in [0.2, 0.25) is 11.8 Å². The predicted octanol–water partition coefficient (Wildman–Crippen LogP) is 1.85. The molecule has 0 bridgehead atoms. The molecule has 0 unspecified atom stereocenters. The van der Waals surface area contributed by atoms with E-state index in [1.807, 2.05) is 6.92 Å². The summed E-state index contributed by atoms with van der Waals surface area (Å²) in [6, 6.07) is 5.40. The summed E-state index contributed by atoms with van der Waals surface area (Å²) >= 11 is 0. The summed E-state index contributed by atoms with van der Waals surface area (Å²) in [6.07, 6.45) is 0.619. The number of rotatable bonds is 6. The molecule has 1 aromatic carbocycles. The summed E-state index contributed by atoms with van der Waals surface area (Å²) in [5, 5.41) is 0. The lowest BCUT2D eigenvalue weighted by molar-refractivity contribution is -0.126. The van der Waals surface area contributed by atoms with E-state index < -0.39 is 0 Å². The Morgan fingerprint density at radius 2 is 1.91 bits per heavy atom. The number of urea groups is 1. The molecular weight excluding hydrogens is 301 g/mol. The number of benzene rings is 1. The van der Waals surface area contributed by atoms with Crippen molar-refractivity contribution in [1.82, 2.24) is 9.80 Å². The Kier molecular flexibility index (Phi) is 5.31. The number of nitrogens with zero attached hydrogens (tertiary/aromatic N) is 3. The number of carbonyl (C=O) groups excluding carboxylic acids is 3. The van der Waals surface area contributed by atoms with Crippen LogP contribution in [0.2, 0.25) is 0 Å². The molecule has 0 saturated carbocycles. The Morgan fingerprint density at radius 1 is 1.26 bits per heavy atom. The highest BCUT2D eigenvalue weighted by Gasteiger charge is 2.33. The number of hydrogen-bond donors (Lipinski definition) is 0. The standard InChI is InChI=1S/C16H20FN3O3/c1-3-19(13-8-6-12(17)7-9-13)14(21)5-4-10-20-15(22)11-18(2)16(20)23/h6-9H,3-5,10-11H2,1-2H3. The van der Waals surface area contributed by atoms with Crippen LogP contribution in [0.15, 0.2) is 24.3 Å². The minimum atomic E-state index is -0.354. The summed E-state index contributed by atoms with van der Waals surface area (Å²) in [4.78, 5) is 39.7. The zero-order chi connectivity index (χ0) is 17.0. The summed E-state index contributed by atoms with van der Waals surface area (Å²) in [5.74, 6) is -0.713. The van der Waals surface area contributed by atoms with Gasteiger partial charge in [-0.1, -0.05) is 0 Å². The van der Waals surface area contributed by atoms with Crippen LogP contribution < -0.4 is 4.90 Å². The molecule has 2 rings (SSSR count). The van der Waals surface area contributed by atoms with Gasteiger partial charge in [0.15, 0.2) is 0 Å². The maximum atomic E-state index is 13.0. The summed E-state index contributed by atoms with van der Waals surface area (Å²) in [5.41, 5.74) is 0.631. The van der Waals surface area contributed by atoms with Crippen molar-refractivity contribution in [2.24, 2.45) is 0 Å². The Hall–Kier alpha value is -2.44. The molecule has 1 aliphatic rings. The number of halogens is 1. The molecule has 6 nitrogen and oxygen atoms in total. The first-order valence-electron chi connectivity index (χ1n) is 7.55. The zero-order valence-corrected chi connectivity index (χ0v) is 13.3. The number of hydrogen-bond acceptors (Lipinski definition) is 3. The van der Waals surface area contributed by atoms with Gasteiger partial charge in [0.25, 0.3) is 0 Å². The minimum absolute atomic E-state index is 0.0868. The first kappa shape index (κ1) is 16.9. The van der Waals surface area contributed by atoms with Gasteiger partial charge in [-0.15, -0.1) is 0 Å². The summed E-state index contributed by atoms with van der Waals surface area (Å²) in [7, 11) is 1.57. The maximum absolute atomic E-state index is 13.0. The van der Waals surface area contributed by atoms with Crippen LogP contribution in [0.4, 0.5) is 14.9 Å². The minimum Gasteiger partial charge on any atom is -0.318 e. The lowest BCUT2D eigenvalue weighted by Crippen LogP contribution is -2.34. The molecule has 1 fully saturated rings. The number of imide groups is 1. The van der Waals surface area contributed by atoms with Crippen LogP contribution >= 0.6 is 0 Å². The smallest absolute Gasteiger partial charge is 0.318 e. The highest BCUT2D eigenvalue weighted by atomic mass is 19.1. The van der Waals surface area contributed by atoms with Crippen molar-refractivity contribution in [3.8, 4) is 0 Å². The molecule has 124 valence electrons. The second-order valence-corrected chi connectivity index (χ2v) is 5.40. The molecule has 1 heterocycles. The van der Waals surface area contributed by atoms with Crippen LogP contribution in [-0.2, 0) is 9.59 Å². The molecule has 0 spiro atoms. The van der Waals surface area contributed by atoms with Crippen molar-refractivity contribution >= 4 is 23.5 Å². The molecule has 4 amide bonds. The van der Waals surface area contributed by atoms with E-state index in [1.165, 1.54) is 21.9 Å². The predicted molar refractivity (Wildman–Crippen MR) is 83.4 cm³/mol. The van der Waals surface area contributed by atoms with Crippen LogP contribution in [-0.4, -0.2) is 54.3 Å². The highest BCUT2D eigenvalue weighted by molar-refractivity contribution is 6.01. The molecule has 1 aliphatic heterocycles. The van der Waals surface area contributed by atoms with Crippen molar-refractivity contribution in [3.63, 3.8) is 0 Å². The van der Waals surface area contributed by atoms with Gasteiger partial charge in [-0.25, -0.2) is 9.18 Å². The van der Waals surface area contributed by atoms with E-state index in [2.05, 4.69) is 0 Å². The first-order valence-corrected chi connectivity index (χ1v) is 7.55. The fraction of sp³-hybridized carbons (Fsp3) is 0.438. The quantitative estimate of drug-likeness (QED) is 0.751. The van der Waals surface area contributed by atoms with Gasteiger partial charge in [0.05, 0.1) is 0 Å². The van der Waals surface area contributed by atoms with E-state index in [0.717, 1.165) is 0 Å². The van der Waals surface area contributed by atoms with Crippen LogP contribution in [0.25, 0.3) is 0 Å². The van der Waals surface area contributed by atoms with Crippen molar-refractivity contribution in [2.45, 2.75) is 19.8 Å². The van der Waals surface area contributed by atoms with E-state index in [9.17, 15) is 18.8 Å². The van der Waals surface area contributed by atoms with Crippen molar-refractivity contribution in [3.05, 3.63) is 30.1 Å². The number of likely N-dealkylation sites (N-methyl/N-ethyl adjacent to an activating group) is 1. The van der Waals surface area contributed by atoms with Crippen molar-refractivity contribution in [1.29, 1.82) is 0 Å². The molecule has 23 heavy (non-hydrogen) atoms. The number of carbonyl (C=O) groups is 3. The Morgan fingerprint density at radius 3 is 2.43 bits per heavy atom. The molecule has 0 aliphatic carbocycles. The maximum Gasteiger partial charge on any atom is 0.326 e. The largest absolute Gasteiger partial charge is 0.326 e. The van der Waals surface area contributed by atoms with Gasteiger partial charge in [-0.3, -0.25) is 14.5 Å². The van der Waals surface area contributed by atoms with Gasteiger partial charge in [-0.2, -0.15) is 0 Å². The Balaban J connectivity index is 1.89. The van der Waals surface area contributed by atoms with Gasteiger partial charge in [0.1, 0.15) is 12.4 Å². The fourth-order valence-electron chi connectivity index (χ4n) is 2.54. The topological polar surface area (TPSA) is 60.9 Å². The van der Waals surface area contributed by atoms with Gasteiger partial charge in [-0.05, 0) is 37.6 Å². The SMILES string of the molecule is CCN(C(=O)CCCN1C(=O)CN(C)C1=O)c1ccc(F)cc1. The average Bonchev–Trinajstić information content (AvgIpc) is 2.76. The Bertz CT molecular complexity index is 603. The van der Waals surface area contributed by atoms with E-state index >= 15 is 0 Å². The molecule has 0 atom stereocenters. The van der Waals surface area contributed by atoms with Crippen LogP contribution in [0.5, 0.6) is 0 Å². The van der Waals surface area contributed by atoms with Crippen LogP contribution in [0, 0.1) is 5.82 Å². The third-order valence-electron chi connectivity index (χ3n) is 3.76. The second-order valence-electron chi connectivity index (χ2n) is 5.40. The van der Waals surface area contributed by atoms with Gasteiger partial charge < -0.3 is 9.80 Å². The van der Waals surface area contributed by atoms with Gasteiger partial charge >= 0.3 is 6.03 Å². The first-order chi connectivity index (χ1) is 10.9. The monoisotopic (exact) mass is 321 g/mol. The van der Waals surface area contributed by atoms with E-state index in [0.29, 0.717) is 18.7 Å². The molecule has 0 aromatic heterocycles. The molecular formula is C16H20FN3O3. The number of anilines is 1. The molecule has 7 heteroatoms. The normalized spacial score (nSPS) is 14.6. The third-order valence-corrected chi connectivity index (χ3v) is 3.76. The average molecular weight is 321 g/mol. The number of amides is 4. The van der Waals surface area contributed by atoms with Crippen molar-refractivity contribution in [2.75, 3.05) is 31.6 Å². The summed E-state index contributed by atoms with van der Waals surface area (Å²) in [6.45, 7) is 2.62. The highest BCUT2D eigenvalue weighted by Crippen LogP contribution is 2.17. The second kappa shape index (κ2) is 7.21. The van der Waals surface area contributed by atoms with E-state index in [1.54, 1.807) is 24.1 Å². The lowest BCUT2D eigenvalue weighted by atomic mass is 10.2. The lowest BCUT2D eigenvalue weighted by Gasteiger charge is -2.21. The van der Waals surface area contributed by atoms with Crippen LogP contribution in [0.1, 0.15) is 19.8 Å². The van der Waals surface area contributed by atoms with E-state index in [4.69, 9.17) is 0 Å². The third kappa shape index (κ3) is 3.85. The zero-order valence-electron chi connectivity index (χ0n) is 13.3. The molecule has 0 N–H and O–H groups in total. The van der Waals surface area contributed by atoms with E-state index in [-0.39, 0.29) is 43.2 Å². The molecule has 1 aromatic rings. The summed E-state index contributed by atoms with van der Waals surface area (Å²) < 4.78 is 13.0. The molecule has 1 saturated heterocycles. The van der Waals surface area contributed by atoms with Crippen LogP contribution in [0.3, 0.4) is 0 Å². The van der Waals surface area contributed by atoms with Crippen molar-refractivity contribution < 1.29 is 18.8 Å². The molecule has 0 radical (unpaired) electrons. The Labute approximate surface area is 134 Å². The van der Waals surface area contributed by atoms with Gasteiger partial charge in [0, 0.05) is 32.2 Å².